The first-order valence-electron chi connectivity index (χ1n) is 17.4. The molecule has 51 heavy (non-hydrogen) atoms. The van der Waals surface area contributed by atoms with Crippen LogP contribution in [-0.2, 0) is 16.1 Å². The summed E-state index contributed by atoms with van der Waals surface area (Å²) in [7, 11) is 2.14. The normalized spacial score (nSPS) is 21.1. The molecular formula is C37H38N10O4. The smallest absolute Gasteiger partial charge is 0.259 e. The van der Waals surface area contributed by atoms with Gasteiger partial charge in [-0.05, 0) is 56.6 Å². The number of aromatic nitrogens is 4. The van der Waals surface area contributed by atoms with Crippen LogP contribution in [0, 0.1) is 11.8 Å². The molecule has 4 amide bonds. The Morgan fingerprint density at radius 3 is 2.57 bits per heavy atom. The molecule has 4 aliphatic heterocycles. The Kier molecular flexibility index (Phi) is 8.66. The van der Waals surface area contributed by atoms with Crippen LogP contribution < -0.4 is 15.5 Å². The number of fused-ring (bicyclic) bond motifs is 2. The van der Waals surface area contributed by atoms with E-state index in [0.29, 0.717) is 61.5 Å². The van der Waals surface area contributed by atoms with E-state index in [-0.39, 0.29) is 24.1 Å². The fourth-order valence-electron chi connectivity index (χ4n) is 7.44. The van der Waals surface area contributed by atoms with Crippen LogP contribution in [0.4, 0.5) is 11.8 Å². The van der Waals surface area contributed by atoms with Crippen molar-refractivity contribution >= 4 is 46.3 Å². The largest absolute Gasteiger partial charge is 0.357 e. The van der Waals surface area contributed by atoms with Gasteiger partial charge in [-0.25, -0.2) is 15.0 Å². The van der Waals surface area contributed by atoms with E-state index in [2.05, 4.69) is 70.2 Å². The predicted molar refractivity (Wildman–Crippen MR) is 189 cm³/mol. The number of hydrogen-bond acceptors (Lipinski definition) is 10. The van der Waals surface area contributed by atoms with E-state index in [0.717, 1.165) is 48.1 Å². The van der Waals surface area contributed by atoms with Gasteiger partial charge in [0.25, 0.3) is 11.8 Å². The number of hydrogen-bond donors (Lipinski definition) is 3. The Labute approximate surface area is 294 Å². The minimum atomic E-state index is -0.655. The third-order valence-electron chi connectivity index (χ3n) is 10.3. The van der Waals surface area contributed by atoms with E-state index in [1.54, 1.807) is 29.6 Å². The van der Waals surface area contributed by atoms with Crippen LogP contribution in [0.25, 0.3) is 10.9 Å². The van der Waals surface area contributed by atoms with Crippen molar-refractivity contribution in [3.63, 3.8) is 0 Å². The monoisotopic (exact) mass is 686 g/mol. The average molecular weight is 687 g/mol. The van der Waals surface area contributed by atoms with Crippen LogP contribution >= 0.6 is 0 Å². The Morgan fingerprint density at radius 2 is 1.80 bits per heavy atom. The zero-order chi connectivity index (χ0) is 35.1. The molecule has 0 aliphatic carbocycles. The molecule has 2 atom stereocenters. The summed E-state index contributed by atoms with van der Waals surface area (Å²) in [6, 6.07) is 9.19. The first-order chi connectivity index (χ1) is 24.8. The number of carbonyl (C=O) groups is 4. The zero-order valence-electron chi connectivity index (χ0n) is 28.3. The molecule has 3 aromatic heterocycles. The molecule has 14 heteroatoms. The number of anilines is 2. The average Bonchev–Trinajstić information content (AvgIpc) is 3.85. The number of carbonyl (C=O) groups excluding carboxylic acids is 4. The van der Waals surface area contributed by atoms with Gasteiger partial charge in [0, 0.05) is 92.1 Å². The number of rotatable bonds is 6. The lowest BCUT2D eigenvalue weighted by Crippen LogP contribution is -2.52. The minimum absolute atomic E-state index is 0.206. The van der Waals surface area contributed by atoms with Gasteiger partial charge in [0.05, 0.1) is 17.6 Å². The summed E-state index contributed by atoms with van der Waals surface area (Å²) in [6.07, 6.45) is 7.71. The number of H-pyrrole nitrogens is 1. The highest BCUT2D eigenvalue weighted by atomic mass is 16.2. The molecule has 1 aromatic carbocycles. The summed E-state index contributed by atoms with van der Waals surface area (Å²) in [5, 5.41) is 6.23. The van der Waals surface area contributed by atoms with Crippen molar-refractivity contribution in [2.45, 2.75) is 44.3 Å². The van der Waals surface area contributed by atoms with Gasteiger partial charge in [-0.15, -0.1) is 0 Å². The van der Waals surface area contributed by atoms with Crippen LogP contribution in [0.1, 0.15) is 69.3 Å². The third kappa shape index (κ3) is 6.53. The molecule has 0 bridgehead atoms. The molecule has 4 aromatic rings. The van der Waals surface area contributed by atoms with Crippen molar-refractivity contribution in [1.82, 2.24) is 40.0 Å². The summed E-state index contributed by atoms with van der Waals surface area (Å²) < 4.78 is 0. The molecule has 260 valence electrons. The van der Waals surface area contributed by atoms with E-state index in [4.69, 9.17) is 0 Å². The van der Waals surface area contributed by atoms with Crippen LogP contribution in [0.2, 0.25) is 0 Å². The van der Waals surface area contributed by atoms with E-state index in [1.807, 2.05) is 18.2 Å². The first kappa shape index (κ1) is 32.5. The van der Waals surface area contributed by atoms with Gasteiger partial charge in [0.1, 0.15) is 11.9 Å². The van der Waals surface area contributed by atoms with Gasteiger partial charge in [-0.2, -0.15) is 0 Å². The van der Waals surface area contributed by atoms with Gasteiger partial charge >= 0.3 is 0 Å². The predicted octanol–water partition coefficient (Wildman–Crippen LogP) is 2.31. The van der Waals surface area contributed by atoms with Gasteiger partial charge in [0.15, 0.2) is 0 Å². The summed E-state index contributed by atoms with van der Waals surface area (Å²) >= 11 is 0. The molecule has 0 spiro atoms. The number of benzene rings is 1. The highest BCUT2D eigenvalue weighted by molar-refractivity contribution is 6.06. The van der Waals surface area contributed by atoms with Crippen molar-refractivity contribution in [2.24, 2.45) is 0 Å². The summed E-state index contributed by atoms with van der Waals surface area (Å²) in [4.78, 5) is 75.3. The third-order valence-corrected chi connectivity index (χ3v) is 10.3. The quantitative estimate of drug-likeness (QED) is 0.203. The topological polar surface area (TPSA) is 160 Å². The highest BCUT2D eigenvalue weighted by Crippen LogP contribution is 2.32. The van der Waals surface area contributed by atoms with Crippen molar-refractivity contribution in [2.75, 3.05) is 56.5 Å². The summed E-state index contributed by atoms with van der Waals surface area (Å²) in [5.74, 6) is 6.28. The number of nitrogens with one attached hydrogen (secondary N) is 3. The fraction of sp³-hybridized carbons (Fsp3) is 0.378. The molecule has 3 saturated heterocycles. The molecular weight excluding hydrogens is 648 g/mol. The van der Waals surface area contributed by atoms with Crippen LogP contribution in [0.3, 0.4) is 0 Å². The number of imide groups is 1. The second-order valence-corrected chi connectivity index (χ2v) is 13.5. The lowest BCUT2D eigenvalue weighted by molar-refractivity contribution is -0.136. The number of piperazine rings is 1. The van der Waals surface area contributed by atoms with Crippen molar-refractivity contribution in [3.8, 4) is 11.8 Å². The van der Waals surface area contributed by atoms with Gasteiger partial charge < -0.3 is 20.1 Å². The minimum Gasteiger partial charge on any atom is -0.357 e. The number of aromatic amines is 1. The molecule has 0 radical (unpaired) electrons. The van der Waals surface area contributed by atoms with Gasteiger partial charge in [-0.3, -0.25) is 34.3 Å². The van der Waals surface area contributed by atoms with Crippen molar-refractivity contribution in [3.05, 3.63) is 76.9 Å². The second-order valence-electron chi connectivity index (χ2n) is 13.5. The number of amides is 4. The summed E-state index contributed by atoms with van der Waals surface area (Å²) in [6.45, 7) is 4.89. The van der Waals surface area contributed by atoms with Crippen LogP contribution in [-0.4, -0.2) is 111 Å². The van der Waals surface area contributed by atoms with Gasteiger partial charge in [-0.1, -0.05) is 17.9 Å². The van der Waals surface area contributed by atoms with E-state index < -0.39 is 11.9 Å². The Bertz CT molecular complexity index is 2090. The summed E-state index contributed by atoms with van der Waals surface area (Å²) in [5.41, 5.74) is 4.60. The molecule has 3 fully saturated rings. The molecule has 4 aliphatic rings. The number of likely N-dealkylation sites (tertiary alicyclic amines) is 1. The van der Waals surface area contributed by atoms with E-state index in [1.165, 1.54) is 12.1 Å². The molecule has 14 nitrogen and oxygen atoms in total. The Balaban J connectivity index is 0.836. The second kappa shape index (κ2) is 13.6. The first-order valence-corrected chi connectivity index (χ1v) is 17.4. The Hall–Kier alpha value is -5.65. The zero-order valence-corrected chi connectivity index (χ0v) is 28.3. The van der Waals surface area contributed by atoms with Gasteiger partial charge in [0.2, 0.25) is 17.8 Å². The maximum absolute atomic E-state index is 13.1. The SMILES string of the molecule is CN1CCC[C@@H]1c1cc2cnc(NC(=O)c3cnc(N4CCN(CC#Cc5cccc6c5CN(C5CCC(=O)NC5=O)C6=O)CC4)nc3)cc2[nH]1. The van der Waals surface area contributed by atoms with Crippen LogP contribution in [0.5, 0.6) is 0 Å². The standard InChI is InChI=1S/C37H38N10O4/c1-44-11-4-8-30(44)29-17-24-19-38-32(18-28(24)41-29)42-34(49)25-20-39-37(40-21-25)46-15-13-45(14-16-46)12-3-6-23-5-2-7-26-27(23)22-47(36(26)51)31-9-10-33(48)43-35(31)50/h2,5,7,17-21,30-31,41H,4,8-16,22H2,1H3,(H,38,42,49)(H,43,48,50)/t30-,31?/m1/s1. The van der Waals surface area contributed by atoms with E-state index in [9.17, 15) is 19.2 Å². The van der Waals surface area contributed by atoms with Crippen molar-refractivity contribution in [1.29, 1.82) is 0 Å². The number of piperidine rings is 1. The number of nitrogens with zero attached hydrogens (tertiary/aromatic N) is 7. The Morgan fingerprint density at radius 1 is 0.980 bits per heavy atom. The highest BCUT2D eigenvalue weighted by Gasteiger charge is 2.39. The van der Waals surface area contributed by atoms with Crippen molar-refractivity contribution < 1.29 is 19.2 Å². The number of pyridine rings is 1. The van der Waals surface area contributed by atoms with E-state index >= 15 is 0 Å². The molecule has 3 N–H and O–H groups in total. The molecule has 0 saturated carbocycles. The maximum atomic E-state index is 13.1. The lowest BCUT2D eigenvalue weighted by atomic mass is 10.0. The molecule has 8 rings (SSSR count). The molecule has 1 unspecified atom stereocenters. The lowest BCUT2D eigenvalue weighted by Gasteiger charge is -2.33. The molecule has 7 heterocycles. The van der Waals surface area contributed by atoms with Crippen LogP contribution in [0.15, 0.2) is 48.9 Å². The fourth-order valence-corrected chi connectivity index (χ4v) is 7.44. The maximum Gasteiger partial charge on any atom is 0.259 e.